The number of carbonyl (C=O) groups is 1. The lowest BCUT2D eigenvalue weighted by Gasteiger charge is -2.35. The van der Waals surface area contributed by atoms with Gasteiger partial charge in [0.25, 0.3) is 5.91 Å². The van der Waals surface area contributed by atoms with Gasteiger partial charge in [0.05, 0.1) is 6.54 Å². The minimum atomic E-state index is 0.0828. The Morgan fingerprint density at radius 3 is 2.45 bits per heavy atom. The van der Waals surface area contributed by atoms with E-state index in [-0.39, 0.29) is 5.91 Å². The lowest BCUT2D eigenvalue weighted by atomic mass is 10.1. The summed E-state index contributed by atoms with van der Waals surface area (Å²) in [6.45, 7) is 5.23. The Hall–Kier alpha value is -3.81. The van der Waals surface area contributed by atoms with Crippen LogP contribution >= 0.6 is 0 Å². The number of anilines is 1. The molecule has 0 bridgehead atoms. The monoisotopic (exact) mass is 413 g/mol. The molecule has 156 valence electrons. The van der Waals surface area contributed by atoms with Crippen molar-refractivity contribution in [2.24, 2.45) is 0 Å². The van der Waals surface area contributed by atoms with Crippen molar-refractivity contribution in [2.75, 3.05) is 31.1 Å². The van der Waals surface area contributed by atoms with Crippen molar-refractivity contribution in [1.29, 1.82) is 0 Å². The molecule has 0 aliphatic carbocycles. The third-order valence-corrected chi connectivity index (χ3v) is 5.70. The van der Waals surface area contributed by atoms with E-state index in [9.17, 15) is 4.79 Å². The number of benzene rings is 2. The van der Waals surface area contributed by atoms with Crippen molar-refractivity contribution in [3.63, 3.8) is 0 Å². The van der Waals surface area contributed by atoms with E-state index in [1.165, 1.54) is 0 Å². The molecule has 0 unspecified atom stereocenters. The third kappa shape index (κ3) is 3.72. The molecule has 1 fully saturated rings. The van der Waals surface area contributed by atoms with Crippen molar-refractivity contribution in [3.05, 3.63) is 77.6 Å². The molecule has 3 heterocycles. The number of piperazine rings is 1. The highest BCUT2D eigenvalue weighted by Gasteiger charge is 2.25. The Morgan fingerprint density at radius 1 is 0.935 bits per heavy atom. The number of aryl methyl sites for hydroxylation is 1. The quantitative estimate of drug-likeness (QED) is 0.512. The van der Waals surface area contributed by atoms with Gasteiger partial charge in [-0.25, -0.2) is 14.6 Å². The number of rotatable bonds is 4. The van der Waals surface area contributed by atoms with Crippen LogP contribution in [0.15, 0.2) is 60.9 Å². The number of hydrogen-bond acceptors (Lipinski definition) is 6. The number of fused-ring (bicyclic) bond motifs is 1. The lowest BCUT2D eigenvalue weighted by Crippen LogP contribution is -2.49. The first-order valence-corrected chi connectivity index (χ1v) is 10.4. The summed E-state index contributed by atoms with van der Waals surface area (Å²) in [5.74, 6) is 0.853. The van der Waals surface area contributed by atoms with E-state index in [0.29, 0.717) is 43.9 Å². The molecular weight excluding hydrogens is 390 g/mol. The molecule has 0 radical (unpaired) electrons. The summed E-state index contributed by atoms with van der Waals surface area (Å²) in [4.78, 5) is 25.9. The minimum Gasteiger partial charge on any atom is -0.351 e. The molecule has 1 saturated heterocycles. The first kappa shape index (κ1) is 19.2. The van der Waals surface area contributed by atoms with Gasteiger partial charge in [0.15, 0.2) is 17.0 Å². The number of amides is 1. The lowest BCUT2D eigenvalue weighted by molar-refractivity contribution is 0.0746. The highest BCUT2D eigenvalue weighted by Crippen LogP contribution is 2.23. The third-order valence-electron chi connectivity index (χ3n) is 5.70. The maximum atomic E-state index is 12.9. The molecule has 0 N–H and O–H groups in total. The molecule has 0 spiro atoms. The van der Waals surface area contributed by atoms with E-state index in [1.807, 2.05) is 54.3 Å². The summed E-state index contributed by atoms with van der Waals surface area (Å²) in [6.07, 6.45) is 1.56. The predicted molar refractivity (Wildman–Crippen MR) is 118 cm³/mol. The van der Waals surface area contributed by atoms with Crippen LogP contribution in [0.5, 0.6) is 0 Å². The Balaban J connectivity index is 1.33. The molecule has 1 aliphatic heterocycles. The van der Waals surface area contributed by atoms with Crippen LogP contribution < -0.4 is 4.90 Å². The second-order valence-corrected chi connectivity index (χ2v) is 7.70. The molecule has 0 saturated carbocycles. The van der Waals surface area contributed by atoms with Gasteiger partial charge in [-0.3, -0.25) is 4.79 Å². The van der Waals surface area contributed by atoms with Gasteiger partial charge in [0, 0.05) is 31.7 Å². The van der Waals surface area contributed by atoms with Gasteiger partial charge in [0.2, 0.25) is 0 Å². The minimum absolute atomic E-state index is 0.0828. The van der Waals surface area contributed by atoms with Gasteiger partial charge >= 0.3 is 0 Å². The van der Waals surface area contributed by atoms with Gasteiger partial charge in [-0.15, -0.1) is 5.10 Å². The van der Waals surface area contributed by atoms with E-state index in [2.05, 4.69) is 37.3 Å². The Morgan fingerprint density at radius 2 is 1.68 bits per heavy atom. The zero-order valence-electron chi connectivity index (χ0n) is 17.3. The van der Waals surface area contributed by atoms with Gasteiger partial charge in [-0.05, 0) is 24.1 Å². The molecule has 4 aromatic rings. The van der Waals surface area contributed by atoms with Crippen LogP contribution in [0.1, 0.15) is 21.5 Å². The fourth-order valence-electron chi connectivity index (χ4n) is 3.98. The first-order chi connectivity index (χ1) is 15.2. The second-order valence-electron chi connectivity index (χ2n) is 7.70. The van der Waals surface area contributed by atoms with E-state index in [0.717, 1.165) is 22.5 Å². The number of carbonyl (C=O) groups excluding carboxylic acids is 1. The molecule has 5 rings (SSSR count). The first-order valence-electron chi connectivity index (χ1n) is 10.4. The largest absolute Gasteiger partial charge is 0.351 e. The predicted octanol–water partition coefficient (Wildman–Crippen LogP) is 2.54. The fraction of sp³-hybridized carbons (Fsp3) is 0.261. The number of nitrogens with zero attached hydrogens (tertiary/aromatic N) is 7. The van der Waals surface area contributed by atoms with Crippen molar-refractivity contribution in [2.45, 2.75) is 13.5 Å². The van der Waals surface area contributed by atoms with Gasteiger partial charge in [0.1, 0.15) is 6.33 Å². The van der Waals surface area contributed by atoms with E-state index >= 15 is 0 Å². The highest BCUT2D eigenvalue weighted by molar-refractivity contribution is 5.95. The molecule has 0 atom stereocenters. The van der Waals surface area contributed by atoms with E-state index < -0.39 is 0 Å². The second kappa shape index (κ2) is 8.14. The summed E-state index contributed by atoms with van der Waals surface area (Å²) in [6, 6.07) is 17.8. The van der Waals surface area contributed by atoms with Crippen LogP contribution in [0, 0.1) is 6.92 Å². The van der Waals surface area contributed by atoms with Gasteiger partial charge in [-0.2, -0.15) is 0 Å². The fourth-order valence-corrected chi connectivity index (χ4v) is 3.98. The molecule has 1 aliphatic rings. The molecular formula is C23H23N7O. The van der Waals surface area contributed by atoms with Crippen molar-refractivity contribution in [3.8, 4) is 0 Å². The van der Waals surface area contributed by atoms with E-state index in [4.69, 9.17) is 0 Å². The molecule has 1 amide bonds. The van der Waals surface area contributed by atoms with Crippen LogP contribution in [0.3, 0.4) is 0 Å². The molecule has 2 aromatic heterocycles. The average Bonchev–Trinajstić information content (AvgIpc) is 3.23. The van der Waals surface area contributed by atoms with Crippen LogP contribution in [0.25, 0.3) is 11.2 Å². The smallest absolute Gasteiger partial charge is 0.254 e. The highest BCUT2D eigenvalue weighted by atomic mass is 16.2. The van der Waals surface area contributed by atoms with E-state index in [1.54, 1.807) is 11.0 Å². The van der Waals surface area contributed by atoms with Crippen molar-refractivity contribution < 1.29 is 4.79 Å². The van der Waals surface area contributed by atoms with Gasteiger partial charge < -0.3 is 9.80 Å². The van der Waals surface area contributed by atoms with Crippen LogP contribution in [-0.4, -0.2) is 61.9 Å². The molecule has 8 nitrogen and oxygen atoms in total. The maximum absolute atomic E-state index is 12.9. The summed E-state index contributed by atoms with van der Waals surface area (Å²) in [5.41, 5.74) is 4.31. The normalized spacial score (nSPS) is 14.2. The molecule has 2 aromatic carbocycles. The zero-order chi connectivity index (χ0) is 21.2. The van der Waals surface area contributed by atoms with Crippen LogP contribution in [0.4, 0.5) is 5.82 Å². The number of aromatic nitrogens is 5. The number of hydrogen-bond donors (Lipinski definition) is 0. The van der Waals surface area contributed by atoms with Crippen LogP contribution in [-0.2, 0) is 6.54 Å². The summed E-state index contributed by atoms with van der Waals surface area (Å²) >= 11 is 0. The van der Waals surface area contributed by atoms with Crippen molar-refractivity contribution in [1.82, 2.24) is 29.9 Å². The Kier molecular flexibility index (Phi) is 5.03. The summed E-state index contributed by atoms with van der Waals surface area (Å²) in [5, 5.41) is 8.68. The maximum Gasteiger partial charge on any atom is 0.254 e. The SMILES string of the molecule is Cc1ccccc1C(=O)N1CCN(c2ncnc3c2nnn3Cc2ccccc2)CC1. The standard InChI is InChI=1S/C23H23N7O/c1-17-7-5-6-10-19(17)23(31)29-13-11-28(12-14-29)21-20-22(25-16-24-21)30(27-26-20)15-18-8-3-2-4-9-18/h2-10,16H,11-15H2,1H3. The van der Waals surface area contributed by atoms with Gasteiger partial charge in [-0.1, -0.05) is 53.7 Å². The topological polar surface area (TPSA) is 80.0 Å². The molecule has 8 heteroatoms. The summed E-state index contributed by atoms with van der Waals surface area (Å²) in [7, 11) is 0. The average molecular weight is 413 g/mol. The van der Waals surface area contributed by atoms with Crippen LogP contribution in [0.2, 0.25) is 0 Å². The zero-order valence-corrected chi connectivity index (χ0v) is 17.3. The Labute approximate surface area is 180 Å². The molecule has 31 heavy (non-hydrogen) atoms. The van der Waals surface area contributed by atoms with Crippen molar-refractivity contribution >= 4 is 22.9 Å². The Bertz CT molecular complexity index is 1210. The summed E-state index contributed by atoms with van der Waals surface area (Å²) < 4.78 is 1.80.